The number of nitrogens with one attached hydrogen (secondary N) is 1. The highest BCUT2D eigenvalue weighted by molar-refractivity contribution is 5.92. The minimum atomic E-state index is -0.190. The normalized spacial score (nSPS) is 10.4. The van der Waals surface area contributed by atoms with E-state index in [2.05, 4.69) is 5.32 Å². The van der Waals surface area contributed by atoms with Gasteiger partial charge >= 0.3 is 0 Å². The Morgan fingerprint density at radius 3 is 2.04 bits per heavy atom. The number of hydrogen-bond acceptors (Lipinski definition) is 5. The summed E-state index contributed by atoms with van der Waals surface area (Å²) >= 11 is 0. The molecule has 0 saturated carbocycles. The van der Waals surface area contributed by atoms with Gasteiger partial charge < -0.3 is 24.4 Å². The maximum Gasteiger partial charge on any atom is 0.226 e. The predicted molar refractivity (Wildman–Crippen MR) is 96.4 cm³/mol. The minimum absolute atomic E-state index is 0.0331. The lowest BCUT2D eigenvalue weighted by Crippen LogP contribution is -2.34. The van der Waals surface area contributed by atoms with E-state index in [1.54, 1.807) is 17.0 Å². The van der Waals surface area contributed by atoms with Gasteiger partial charge in [0, 0.05) is 44.3 Å². The van der Waals surface area contributed by atoms with E-state index >= 15 is 0 Å². The molecule has 7 nitrogen and oxygen atoms in total. The first-order valence-corrected chi connectivity index (χ1v) is 8.17. The number of ether oxygens (including phenoxy) is 3. The summed E-state index contributed by atoms with van der Waals surface area (Å²) in [6, 6.07) is 3.33. The molecule has 0 bridgehead atoms. The van der Waals surface area contributed by atoms with Crippen molar-refractivity contribution >= 4 is 17.5 Å². The first-order valence-electron chi connectivity index (χ1n) is 8.17. The zero-order valence-electron chi connectivity index (χ0n) is 15.8. The number of anilines is 1. The van der Waals surface area contributed by atoms with Gasteiger partial charge in [-0.05, 0) is 5.92 Å². The quantitative estimate of drug-likeness (QED) is 0.739. The summed E-state index contributed by atoms with van der Waals surface area (Å²) in [4.78, 5) is 25.5. The van der Waals surface area contributed by atoms with E-state index < -0.39 is 0 Å². The van der Waals surface area contributed by atoms with Gasteiger partial charge in [0.1, 0.15) is 0 Å². The van der Waals surface area contributed by atoms with Crippen LogP contribution in [0.1, 0.15) is 27.2 Å². The predicted octanol–water partition coefficient (Wildman–Crippen LogP) is 2.55. The summed E-state index contributed by atoms with van der Waals surface area (Å²) in [5.74, 6) is 1.51. The van der Waals surface area contributed by atoms with E-state index in [1.807, 2.05) is 13.8 Å². The summed E-state index contributed by atoms with van der Waals surface area (Å²) in [7, 11) is 4.54. The molecule has 7 heteroatoms. The van der Waals surface area contributed by atoms with Crippen LogP contribution < -0.4 is 19.5 Å². The van der Waals surface area contributed by atoms with Crippen molar-refractivity contribution in [3.8, 4) is 17.2 Å². The van der Waals surface area contributed by atoms with Crippen LogP contribution in [0.3, 0.4) is 0 Å². The number of carbonyl (C=O) groups is 2. The first-order chi connectivity index (χ1) is 11.8. The molecule has 0 heterocycles. The third-order valence-electron chi connectivity index (χ3n) is 3.59. The van der Waals surface area contributed by atoms with Crippen molar-refractivity contribution in [2.75, 3.05) is 39.7 Å². The Balaban J connectivity index is 2.78. The molecule has 0 atom stereocenters. The maximum atomic E-state index is 12.2. The number of amides is 2. The topological polar surface area (TPSA) is 77.1 Å². The highest BCUT2D eigenvalue weighted by atomic mass is 16.5. The summed E-state index contributed by atoms with van der Waals surface area (Å²) < 4.78 is 15.8. The van der Waals surface area contributed by atoms with Crippen LogP contribution in [0.25, 0.3) is 0 Å². The molecule has 25 heavy (non-hydrogen) atoms. The van der Waals surface area contributed by atoms with Crippen LogP contribution in [0.4, 0.5) is 5.69 Å². The lowest BCUT2D eigenvalue weighted by Gasteiger charge is -2.22. The zero-order valence-corrected chi connectivity index (χ0v) is 15.8. The molecule has 0 saturated heterocycles. The molecule has 1 aromatic carbocycles. The smallest absolute Gasteiger partial charge is 0.226 e. The van der Waals surface area contributed by atoms with Gasteiger partial charge in [-0.1, -0.05) is 13.8 Å². The molecule has 0 fully saturated rings. The van der Waals surface area contributed by atoms with E-state index in [0.717, 1.165) is 0 Å². The highest BCUT2D eigenvalue weighted by Crippen LogP contribution is 2.39. The van der Waals surface area contributed by atoms with E-state index in [9.17, 15) is 9.59 Å². The van der Waals surface area contributed by atoms with Gasteiger partial charge in [-0.2, -0.15) is 0 Å². The van der Waals surface area contributed by atoms with Crippen LogP contribution in [-0.4, -0.2) is 51.1 Å². The number of nitrogens with zero attached hydrogens (tertiary/aromatic N) is 1. The SMILES string of the molecule is COc1cc(NC(=O)CCN(CC(C)C)C(C)=O)cc(OC)c1OC. The van der Waals surface area contributed by atoms with Crippen molar-refractivity contribution in [3.63, 3.8) is 0 Å². The number of rotatable bonds is 9. The Labute approximate surface area is 149 Å². The number of benzene rings is 1. The second-order valence-electron chi connectivity index (χ2n) is 6.07. The lowest BCUT2D eigenvalue weighted by atomic mass is 10.2. The van der Waals surface area contributed by atoms with Crippen LogP contribution in [0, 0.1) is 5.92 Å². The Morgan fingerprint density at radius 2 is 1.64 bits per heavy atom. The Bertz CT molecular complexity index is 576. The fourth-order valence-corrected chi connectivity index (χ4v) is 2.43. The summed E-state index contributed by atoms with van der Waals surface area (Å²) in [5, 5.41) is 2.80. The van der Waals surface area contributed by atoms with Crippen LogP contribution in [0.2, 0.25) is 0 Å². The first kappa shape index (κ1) is 20.6. The number of carbonyl (C=O) groups excluding carboxylic acids is 2. The van der Waals surface area contributed by atoms with Gasteiger partial charge in [-0.3, -0.25) is 9.59 Å². The molecule has 0 aliphatic heterocycles. The van der Waals surface area contributed by atoms with Crippen molar-refractivity contribution in [1.29, 1.82) is 0 Å². The zero-order chi connectivity index (χ0) is 19.0. The molecule has 1 aromatic rings. The summed E-state index contributed by atoms with van der Waals surface area (Å²) in [5.41, 5.74) is 0.540. The Morgan fingerprint density at radius 1 is 1.08 bits per heavy atom. The largest absolute Gasteiger partial charge is 0.493 e. The molecular formula is C18H28N2O5. The monoisotopic (exact) mass is 352 g/mol. The second-order valence-corrected chi connectivity index (χ2v) is 6.07. The minimum Gasteiger partial charge on any atom is -0.493 e. The maximum absolute atomic E-state index is 12.2. The van der Waals surface area contributed by atoms with Crippen molar-refractivity contribution < 1.29 is 23.8 Å². The average molecular weight is 352 g/mol. The van der Waals surface area contributed by atoms with E-state index in [-0.39, 0.29) is 18.2 Å². The molecular weight excluding hydrogens is 324 g/mol. The second kappa shape index (κ2) is 9.76. The summed E-state index contributed by atoms with van der Waals surface area (Å²) in [6.45, 7) is 6.59. The summed E-state index contributed by atoms with van der Waals surface area (Å²) in [6.07, 6.45) is 0.211. The fraction of sp³-hybridized carbons (Fsp3) is 0.556. The molecule has 1 N–H and O–H groups in total. The van der Waals surface area contributed by atoms with Crippen molar-refractivity contribution in [2.24, 2.45) is 5.92 Å². The lowest BCUT2D eigenvalue weighted by molar-refractivity contribution is -0.129. The average Bonchev–Trinajstić information content (AvgIpc) is 2.56. The highest BCUT2D eigenvalue weighted by Gasteiger charge is 2.16. The Hall–Kier alpha value is -2.44. The standard InChI is InChI=1S/C18H28N2O5/c1-12(2)11-20(13(3)21)8-7-17(22)19-14-9-15(23-4)18(25-6)16(10-14)24-5/h9-10,12H,7-8,11H2,1-6H3,(H,19,22). The number of methoxy groups -OCH3 is 3. The van der Waals surface area contributed by atoms with Gasteiger partial charge in [0.05, 0.1) is 21.3 Å². The van der Waals surface area contributed by atoms with Crippen molar-refractivity contribution in [2.45, 2.75) is 27.2 Å². The number of hydrogen-bond donors (Lipinski definition) is 1. The molecule has 140 valence electrons. The van der Waals surface area contributed by atoms with Crippen molar-refractivity contribution in [3.05, 3.63) is 12.1 Å². The van der Waals surface area contributed by atoms with Crippen LogP contribution >= 0.6 is 0 Å². The Kier molecular flexibility index (Phi) is 8.04. The van der Waals surface area contributed by atoms with E-state index in [1.165, 1.54) is 28.3 Å². The van der Waals surface area contributed by atoms with Gasteiger partial charge in [-0.25, -0.2) is 0 Å². The van der Waals surface area contributed by atoms with Gasteiger partial charge in [0.2, 0.25) is 17.6 Å². The third-order valence-corrected chi connectivity index (χ3v) is 3.59. The van der Waals surface area contributed by atoms with E-state index in [4.69, 9.17) is 14.2 Å². The fourth-order valence-electron chi connectivity index (χ4n) is 2.43. The molecule has 2 amide bonds. The van der Waals surface area contributed by atoms with Gasteiger partial charge in [0.15, 0.2) is 11.5 Å². The molecule has 1 rings (SSSR count). The molecule has 0 radical (unpaired) electrons. The molecule has 0 unspecified atom stereocenters. The van der Waals surface area contributed by atoms with Crippen LogP contribution in [0.5, 0.6) is 17.2 Å². The molecule has 0 aliphatic carbocycles. The van der Waals surface area contributed by atoms with E-state index in [0.29, 0.717) is 41.9 Å². The van der Waals surface area contributed by atoms with Crippen LogP contribution in [0.15, 0.2) is 12.1 Å². The van der Waals surface area contributed by atoms with Crippen molar-refractivity contribution in [1.82, 2.24) is 4.90 Å². The third kappa shape index (κ3) is 6.17. The van der Waals surface area contributed by atoms with Gasteiger partial charge in [0.25, 0.3) is 0 Å². The molecule has 0 aromatic heterocycles. The van der Waals surface area contributed by atoms with Crippen LogP contribution in [-0.2, 0) is 9.59 Å². The molecule has 0 aliphatic rings. The molecule has 0 spiro atoms. The van der Waals surface area contributed by atoms with Gasteiger partial charge in [-0.15, -0.1) is 0 Å².